The Morgan fingerprint density at radius 2 is 2.11 bits per heavy atom. The molecule has 1 heterocycles. The van der Waals surface area contributed by atoms with Crippen molar-refractivity contribution < 1.29 is 9.59 Å². The molecule has 0 fully saturated rings. The topological polar surface area (TPSA) is 75.7 Å². The van der Waals surface area contributed by atoms with E-state index in [-0.39, 0.29) is 10.7 Å². The Morgan fingerprint density at radius 3 is 2.56 bits per heavy atom. The average molecular weight is 123 g/mol. The van der Waals surface area contributed by atoms with Crippen molar-refractivity contribution in [2.24, 2.45) is 0 Å². The molecule has 1 rings (SSSR count). The van der Waals surface area contributed by atoms with Crippen molar-refractivity contribution in [2.45, 2.75) is 0 Å². The van der Waals surface area contributed by atoms with E-state index < -0.39 is 0 Å². The fourth-order valence-corrected chi connectivity index (χ4v) is 0.371. The van der Waals surface area contributed by atoms with Gasteiger partial charge in [0.2, 0.25) is 5.35 Å². The molecule has 5 nitrogen and oxygen atoms in total. The van der Waals surface area contributed by atoms with E-state index in [1.165, 1.54) is 11.9 Å². The Kier molecular flexibility index (Phi) is 1.24. The summed E-state index contributed by atoms with van der Waals surface area (Å²) in [4.78, 5) is 19.7. The van der Waals surface area contributed by atoms with E-state index in [9.17, 15) is 9.59 Å². The van der Waals surface area contributed by atoms with Gasteiger partial charge >= 0.3 is 0 Å². The van der Waals surface area contributed by atoms with Crippen LogP contribution in [0.2, 0.25) is 0 Å². The number of hydrogen-bond donors (Lipinski definition) is 1. The Morgan fingerprint density at radius 1 is 1.33 bits per heavy atom. The smallest absolute Gasteiger partial charge is 0.207 e. The van der Waals surface area contributed by atoms with E-state index in [0.29, 0.717) is 0 Å². The van der Waals surface area contributed by atoms with Gasteiger partial charge in [-0.05, 0) is 0 Å². The zero-order valence-corrected chi connectivity index (χ0v) is 4.21. The van der Waals surface area contributed by atoms with E-state index in [2.05, 4.69) is 15.4 Å². The van der Waals surface area contributed by atoms with Gasteiger partial charge in [-0.15, -0.1) is 5.10 Å². The second kappa shape index (κ2) is 2.05. The van der Waals surface area contributed by atoms with Gasteiger partial charge in [-0.1, -0.05) is 5.21 Å². The van der Waals surface area contributed by atoms with E-state index in [1.54, 1.807) is 0 Å². The molecule has 0 radical (unpaired) electrons. The monoisotopic (exact) mass is 123 g/mol. The SMILES string of the molecule is O=C=c1nn[nH]c1=C=O. The van der Waals surface area contributed by atoms with Gasteiger partial charge in [0.05, 0.1) is 0 Å². The van der Waals surface area contributed by atoms with Gasteiger partial charge in [0.1, 0.15) is 0 Å². The summed E-state index contributed by atoms with van der Waals surface area (Å²) in [6.07, 6.45) is 0. The molecule has 0 unspecified atom stereocenters. The molecule has 0 bridgehead atoms. The number of nitrogens with one attached hydrogen (secondary N) is 1. The molecule has 0 amide bonds. The van der Waals surface area contributed by atoms with Crippen LogP contribution in [0.25, 0.3) is 0 Å². The molecule has 0 aliphatic heterocycles. The first-order valence-electron chi connectivity index (χ1n) is 2.06. The maximum absolute atomic E-state index is 9.83. The van der Waals surface area contributed by atoms with Gasteiger partial charge in [-0.2, -0.15) is 0 Å². The Hall–Kier alpha value is -1.70. The summed E-state index contributed by atoms with van der Waals surface area (Å²) in [6, 6.07) is 0. The third kappa shape index (κ3) is 0.770. The fraction of sp³-hybridized carbons (Fsp3) is 0. The summed E-state index contributed by atoms with van der Waals surface area (Å²) in [6.45, 7) is 0. The summed E-state index contributed by atoms with van der Waals surface area (Å²) < 4.78 is 0. The van der Waals surface area contributed by atoms with Gasteiger partial charge in [0.15, 0.2) is 17.2 Å². The lowest BCUT2D eigenvalue weighted by Gasteiger charge is -1.52. The highest BCUT2D eigenvalue weighted by Gasteiger charge is 1.86. The fourth-order valence-electron chi connectivity index (χ4n) is 0.371. The van der Waals surface area contributed by atoms with E-state index in [4.69, 9.17) is 0 Å². The third-order valence-electron chi connectivity index (χ3n) is 0.747. The van der Waals surface area contributed by atoms with Gasteiger partial charge < -0.3 is 0 Å². The van der Waals surface area contributed by atoms with Crippen molar-refractivity contribution in [3.63, 3.8) is 0 Å². The standard InChI is InChI=1S/C4HN3O2/c8-1-3-4(2-9)6-7-5-3/h(H,5,6). The number of aromatic nitrogens is 3. The average Bonchev–Trinajstić information content (AvgIpc) is 2.33. The highest BCUT2D eigenvalue weighted by atomic mass is 16.1. The first-order chi connectivity index (χ1) is 4.38. The van der Waals surface area contributed by atoms with Crippen LogP contribution < -0.4 is 10.7 Å². The van der Waals surface area contributed by atoms with Crippen molar-refractivity contribution in [2.75, 3.05) is 0 Å². The lowest BCUT2D eigenvalue weighted by atomic mass is 10.6. The number of aromatic amines is 1. The Labute approximate surface area is 48.7 Å². The first kappa shape index (κ1) is 5.44. The van der Waals surface area contributed by atoms with E-state index >= 15 is 0 Å². The zero-order chi connectivity index (χ0) is 6.69. The van der Waals surface area contributed by atoms with E-state index in [0.717, 1.165) is 0 Å². The molecule has 1 N–H and O–H groups in total. The van der Waals surface area contributed by atoms with Crippen LogP contribution in [0.15, 0.2) is 0 Å². The van der Waals surface area contributed by atoms with Crippen LogP contribution in [0.1, 0.15) is 0 Å². The maximum Gasteiger partial charge on any atom is 0.207 e. The molecule has 0 spiro atoms. The highest BCUT2D eigenvalue weighted by molar-refractivity contribution is 5.50. The summed E-state index contributed by atoms with van der Waals surface area (Å²) >= 11 is 0. The van der Waals surface area contributed by atoms with Crippen LogP contribution in [0.3, 0.4) is 0 Å². The van der Waals surface area contributed by atoms with Crippen LogP contribution in [-0.2, 0) is 9.59 Å². The number of nitrogens with zero attached hydrogens (tertiary/aromatic N) is 2. The lowest BCUT2D eigenvalue weighted by molar-refractivity contribution is 0.563. The number of H-pyrrole nitrogens is 1. The molecule has 0 aliphatic carbocycles. The quantitative estimate of drug-likeness (QED) is 0.394. The summed E-state index contributed by atoms with van der Waals surface area (Å²) in [5.41, 5.74) is 0. The minimum Gasteiger partial charge on any atom is -0.246 e. The van der Waals surface area contributed by atoms with Crippen molar-refractivity contribution in [1.82, 2.24) is 15.4 Å². The van der Waals surface area contributed by atoms with Crippen molar-refractivity contribution >= 4 is 11.9 Å². The molecular formula is C4HN3O2. The molecule has 5 heteroatoms. The van der Waals surface area contributed by atoms with Crippen LogP contribution in [0.5, 0.6) is 0 Å². The Bertz CT molecular complexity index is 321. The minimum atomic E-state index is -0.134. The molecule has 1 aromatic heterocycles. The Balaban J connectivity index is 3.92. The molecule has 0 atom stereocenters. The molecule has 1 aromatic rings. The predicted octanol–water partition coefficient (Wildman–Crippen LogP) is -3.19. The molecule has 0 aliphatic rings. The van der Waals surface area contributed by atoms with Crippen LogP contribution >= 0.6 is 0 Å². The predicted molar refractivity (Wildman–Crippen MR) is 25.2 cm³/mol. The summed E-state index contributed by atoms with van der Waals surface area (Å²) in [5.74, 6) is 2.84. The van der Waals surface area contributed by atoms with E-state index in [1.807, 2.05) is 0 Å². The van der Waals surface area contributed by atoms with Gasteiger partial charge in [0.25, 0.3) is 0 Å². The molecule has 9 heavy (non-hydrogen) atoms. The molecule has 0 saturated heterocycles. The van der Waals surface area contributed by atoms with Gasteiger partial charge in [-0.25, -0.2) is 14.7 Å². The number of carbonyl (C=O) groups excluding carboxylic acids is 2. The van der Waals surface area contributed by atoms with Crippen molar-refractivity contribution in [3.05, 3.63) is 10.7 Å². The molecule has 0 aromatic carbocycles. The summed E-state index contributed by atoms with van der Waals surface area (Å²) in [5, 5.41) is 8.34. The van der Waals surface area contributed by atoms with Crippen LogP contribution in [-0.4, -0.2) is 27.3 Å². The number of rotatable bonds is 0. The first-order valence-corrected chi connectivity index (χ1v) is 2.06. The molecular weight excluding hydrogens is 122 g/mol. The zero-order valence-electron chi connectivity index (χ0n) is 4.21. The van der Waals surface area contributed by atoms with Crippen LogP contribution in [0.4, 0.5) is 0 Å². The summed E-state index contributed by atoms with van der Waals surface area (Å²) in [7, 11) is 0. The number of hydrogen-bond acceptors (Lipinski definition) is 4. The van der Waals surface area contributed by atoms with Crippen molar-refractivity contribution in [1.29, 1.82) is 0 Å². The largest absolute Gasteiger partial charge is 0.246 e. The van der Waals surface area contributed by atoms with Crippen LogP contribution in [0, 0.1) is 0 Å². The molecule has 44 valence electrons. The minimum absolute atomic E-state index is 0.0648. The second-order valence-corrected chi connectivity index (χ2v) is 1.24. The lowest BCUT2D eigenvalue weighted by Crippen LogP contribution is -2.26. The van der Waals surface area contributed by atoms with Gasteiger partial charge in [-0.3, -0.25) is 0 Å². The normalized spacial score (nSPS) is 8.00. The highest BCUT2D eigenvalue weighted by Crippen LogP contribution is 1.28. The van der Waals surface area contributed by atoms with Crippen molar-refractivity contribution in [3.8, 4) is 0 Å². The molecule has 0 saturated carbocycles. The second-order valence-electron chi connectivity index (χ2n) is 1.24. The third-order valence-corrected chi connectivity index (χ3v) is 0.747. The van der Waals surface area contributed by atoms with Gasteiger partial charge in [0, 0.05) is 0 Å². The maximum atomic E-state index is 9.83.